The van der Waals surface area contributed by atoms with Gasteiger partial charge < -0.3 is 10.2 Å². The first-order chi connectivity index (χ1) is 9.14. The van der Waals surface area contributed by atoms with E-state index in [9.17, 15) is 9.59 Å². The molecule has 2 amide bonds. The van der Waals surface area contributed by atoms with Crippen molar-refractivity contribution in [2.45, 2.75) is 37.3 Å². The Balaban J connectivity index is 1.94. The van der Waals surface area contributed by atoms with Crippen molar-refractivity contribution < 1.29 is 9.59 Å². The number of carbonyl (C=O) groups excluding carboxylic acids is 2. The van der Waals surface area contributed by atoms with Gasteiger partial charge in [-0.3, -0.25) is 9.59 Å². The lowest BCUT2D eigenvalue weighted by atomic mass is 9.89. The molecule has 1 aliphatic carbocycles. The van der Waals surface area contributed by atoms with Gasteiger partial charge in [-0.1, -0.05) is 43.2 Å². The molecule has 1 saturated carbocycles. The van der Waals surface area contributed by atoms with Gasteiger partial charge >= 0.3 is 0 Å². The standard InChI is InChI=1S/C15H18N2O2/c1-17-12(11-7-3-2-4-8-11)13(18)16-15(14(17)19)9-5-6-10-15/h2-4,7-8,12H,5-6,9-10H2,1H3,(H,16,18). The number of likely N-dealkylation sites (N-methyl/N-ethyl adjacent to an activating group) is 1. The van der Waals surface area contributed by atoms with Gasteiger partial charge in [0.2, 0.25) is 11.8 Å². The van der Waals surface area contributed by atoms with Gasteiger partial charge in [0.05, 0.1) is 0 Å². The highest BCUT2D eigenvalue weighted by atomic mass is 16.2. The molecule has 0 aromatic heterocycles. The molecule has 1 aromatic rings. The lowest BCUT2D eigenvalue weighted by Crippen LogP contribution is -2.65. The molecule has 3 rings (SSSR count). The van der Waals surface area contributed by atoms with E-state index in [1.54, 1.807) is 11.9 Å². The average Bonchev–Trinajstić information content (AvgIpc) is 2.87. The molecule has 4 nitrogen and oxygen atoms in total. The van der Waals surface area contributed by atoms with Crippen molar-refractivity contribution in [3.05, 3.63) is 35.9 Å². The quantitative estimate of drug-likeness (QED) is 0.832. The summed E-state index contributed by atoms with van der Waals surface area (Å²) in [6, 6.07) is 8.97. The summed E-state index contributed by atoms with van der Waals surface area (Å²) in [4.78, 5) is 26.6. The molecule has 1 unspecified atom stereocenters. The second kappa shape index (κ2) is 4.37. The minimum atomic E-state index is -0.628. The molecule has 1 heterocycles. The van der Waals surface area contributed by atoms with Crippen molar-refractivity contribution in [1.29, 1.82) is 0 Å². The van der Waals surface area contributed by atoms with E-state index in [1.165, 1.54) is 0 Å². The van der Waals surface area contributed by atoms with Crippen molar-refractivity contribution in [1.82, 2.24) is 10.2 Å². The van der Waals surface area contributed by atoms with Gasteiger partial charge in [0, 0.05) is 7.05 Å². The van der Waals surface area contributed by atoms with Crippen molar-refractivity contribution in [3.63, 3.8) is 0 Å². The molecule has 1 spiro atoms. The van der Waals surface area contributed by atoms with Crippen molar-refractivity contribution in [3.8, 4) is 0 Å². The summed E-state index contributed by atoms with van der Waals surface area (Å²) in [6.45, 7) is 0. The van der Waals surface area contributed by atoms with Crippen LogP contribution in [-0.4, -0.2) is 29.3 Å². The SMILES string of the molecule is CN1C(=O)C2(CCCC2)NC(=O)C1c1ccccc1. The summed E-state index contributed by atoms with van der Waals surface area (Å²) >= 11 is 0. The van der Waals surface area contributed by atoms with Gasteiger partial charge in [-0.05, 0) is 18.4 Å². The maximum Gasteiger partial charge on any atom is 0.249 e. The van der Waals surface area contributed by atoms with E-state index < -0.39 is 11.6 Å². The molecule has 1 aromatic carbocycles. The lowest BCUT2D eigenvalue weighted by molar-refractivity contribution is -0.153. The predicted octanol–water partition coefficient (Wildman–Crippen LogP) is 1.63. The zero-order valence-corrected chi connectivity index (χ0v) is 11.1. The fraction of sp³-hybridized carbons (Fsp3) is 0.467. The van der Waals surface area contributed by atoms with E-state index in [4.69, 9.17) is 0 Å². The van der Waals surface area contributed by atoms with Crippen LogP contribution in [0.25, 0.3) is 0 Å². The van der Waals surface area contributed by atoms with Crippen LogP contribution in [0.15, 0.2) is 30.3 Å². The number of piperazine rings is 1. The first-order valence-corrected chi connectivity index (χ1v) is 6.78. The van der Waals surface area contributed by atoms with Gasteiger partial charge in [0.15, 0.2) is 0 Å². The van der Waals surface area contributed by atoms with Gasteiger partial charge in [-0.15, -0.1) is 0 Å². The minimum absolute atomic E-state index is 0.0541. The van der Waals surface area contributed by atoms with Crippen LogP contribution < -0.4 is 5.32 Å². The van der Waals surface area contributed by atoms with E-state index in [0.717, 1.165) is 31.2 Å². The molecule has 1 aliphatic heterocycles. The van der Waals surface area contributed by atoms with Gasteiger partial charge in [-0.25, -0.2) is 0 Å². The summed E-state index contributed by atoms with van der Waals surface area (Å²) in [5.74, 6) is -0.00588. The molecule has 4 heteroatoms. The Morgan fingerprint density at radius 3 is 2.42 bits per heavy atom. The van der Waals surface area contributed by atoms with Crippen LogP contribution in [0, 0.1) is 0 Å². The predicted molar refractivity (Wildman–Crippen MR) is 71.3 cm³/mol. The summed E-state index contributed by atoms with van der Waals surface area (Å²) in [7, 11) is 1.73. The molecule has 1 saturated heterocycles. The molecule has 2 aliphatic rings. The summed E-state index contributed by atoms with van der Waals surface area (Å²) < 4.78 is 0. The number of nitrogens with one attached hydrogen (secondary N) is 1. The molecule has 100 valence electrons. The Hall–Kier alpha value is -1.84. The number of carbonyl (C=O) groups is 2. The molecule has 1 N–H and O–H groups in total. The van der Waals surface area contributed by atoms with Crippen LogP contribution >= 0.6 is 0 Å². The van der Waals surface area contributed by atoms with Gasteiger partial charge in [0.1, 0.15) is 11.6 Å². The first kappa shape index (κ1) is 12.2. The third-order valence-corrected chi connectivity index (χ3v) is 4.30. The second-order valence-electron chi connectivity index (χ2n) is 5.51. The Labute approximate surface area is 112 Å². The second-order valence-corrected chi connectivity index (χ2v) is 5.51. The Morgan fingerprint density at radius 2 is 1.79 bits per heavy atom. The fourth-order valence-corrected chi connectivity index (χ4v) is 3.32. The molecule has 0 bridgehead atoms. The van der Waals surface area contributed by atoms with E-state index >= 15 is 0 Å². The molecule has 0 radical (unpaired) electrons. The normalized spacial score (nSPS) is 25.7. The van der Waals surface area contributed by atoms with E-state index in [0.29, 0.717) is 0 Å². The molecule has 19 heavy (non-hydrogen) atoms. The zero-order chi connectivity index (χ0) is 13.5. The molecular formula is C15H18N2O2. The van der Waals surface area contributed by atoms with E-state index in [-0.39, 0.29) is 11.8 Å². The van der Waals surface area contributed by atoms with Crippen LogP contribution in [0.3, 0.4) is 0 Å². The van der Waals surface area contributed by atoms with E-state index in [2.05, 4.69) is 5.32 Å². The van der Waals surface area contributed by atoms with Gasteiger partial charge in [0.25, 0.3) is 0 Å². The number of rotatable bonds is 1. The summed E-state index contributed by atoms with van der Waals surface area (Å²) in [5, 5.41) is 2.99. The topological polar surface area (TPSA) is 49.4 Å². The molecule has 2 fully saturated rings. The zero-order valence-electron chi connectivity index (χ0n) is 11.1. The monoisotopic (exact) mass is 258 g/mol. The fourth-order valence-electron chi connectivity index (χ4n) is 3.32. The summed E-state index contributed by atoms with van der Waals surface area (Å²) in [5.41, 5.74) is 0.237. The highest BCUT2D eigenvalue weighted by Crippen LogP contribution is 2.37. The summed E-state index contributed by atoms with van der Waals surface area (Å²) in [6.07, 6.45) is 3.55. The van der Waals surface area contributed by atoms with Crippen LogP contribution in [-0.2, 0) is 9.59 Å². The molecular weight excluding hydrogens is 240 g/mol. The van der Waals surface area contributed by atoms with E-state index in [1.807, 2.05) is 30.3 Å². The Kier molecular flexibility index (Phi) is 2.81. The number of hydrogen-bond donors (Lipinski definition) is 1. The first-order valence-electron chi connectivity index (χ1n) is 6.78. The average molecular weight is 258 g/mol. The highest BCUT2D eigenvalue weighted by Gasteiger charge is 2.51. The maximum absolute atomic E-state index is 12.6. The largest absolute Gasteiger partial charge is 0.340 e. The number of hydrogen-bond acceptors (Lipinski definition) is 2. The van der Waals surface area contributed by atoms with Crippen LogP contribution in [0.2, 0.25) is 0 Å². The Bertz CT molecular complexity index is 506. The van der Waals surface area contributed by atoms with Gasteiger partial charge in [-0.2, -0.15) is 0 Å². The highest BCUT2D eigenvalue weighted by molar-refractivity contribution is 6.00. The van der Waals surface area contributed by atoms with Crippen molar-refractivity contribution in [2.24, 2.45) is 0 Å². The third kappa shape index (κ3) is 1.82. The minimum Gasteiger partial charge on any atom is -0.340 e. The number of amides is 2. The molecule has 1 atom stereocenters. The maximum atomic E-state index is 12.6. The van der Waals surface area contributed by atoms with Crippen LogP contribution in [0.5, 0.6) is 0 Å². The van der Waals surface area contributed by atoms with Crippen molar-refractivity contribution in [2.75, 3.05) is 7.05 Å². The number of nitrogens with zero attached hydrogens (tertiary/aromatic N) is 1. The van der Waals surface area contributed by atoms with Crippen LogP contribution in [0.4, 0.5) is 0 Å². The third-order valence-electron chi connectivity index (χ3n) is 4.30. The lowest BCUT2D eigenvalue weighted by Gasteiger charge is -2.42. The van der Waals surface area contributed by atoms with Crippen LogP contribution in [0.1, 0.15) is 37.3 Å². The smallest absolute Gasteiger partial charge is 0.249 e. The Morgan fingerprint density at radius 1 is 1.16 bits per heavy atom. The number of benzene rings is 1. The van der Waals surface area contributed by atoms with Crippen molar-refractivity contribution >= 4 is 11.8 Å².